The Labute approximate surface area is 101 Å². The van der Waals surface area contributed by atoms with Gasteiger partial charge in [0.05, 0.1) is 6.10 Å². The number of likely N-dealkylation sites (tertiary alicyclic amines) is 1. The molecule has 2 nitrogen and oxygen atoms in total. The van der Waals surface area contributed by atoms with E-state index in [-0.39, 0.29) is 0 Å². The van der Waals surface area contributed by atoms with Crippen LogP contribution in [0.25, 0.3) is 0 Å². The lowest BCUT2D eigenvalue weighted by Crippen LogP contribution is -2.34. The molecule has 0 amide bonds. The first-order valence-electron chi connectivity index (χ1n) is 6.32. The van der Waals surface area contributed by atoms with Gasteiger partial charge < -0.3 is 9.64 Å². The first-order valence-corrected chi connectivity index (χ1v) is 7.24. The van der Waals surface area contributed by atoms with Crippen LogP contribution in [-0.4, -0.2) is 42.1 Å². The molecule has 2 aliphatic rings. The number of hydrogen-bond acceptors (Lipinski definition) is 2. The van der Waals surface area contributed by atoms with Gasteiger partial charge in [0, 0.05) is 11.4 Å². The second-order valence-electron chi connectivity index (χ2n) is 4.79. The Hall–Kier alpha value is 0.400. The van der Waals surface area contributed by atoms with Crippen molar-refractivity contribution in [1.82, 2.24) is 4.90 Å². The van der Waals surface area contributed by atoms with Gasteiger partial charge in [0.15, 0.2) is 0 Å². The Bertz CT molecular complexity index is 174. The third-order valence-corrected chi connectivity index (χ3v) is 4.46. The largest absolute Gasteiger partial charge is 0.378 e. The molecule has 2 aliphatic heterocycles. The first kappa shape index (κ1) is 11.9. The van der Waals surface area contributed by atoms with E-state index in [0.717, 1.165) is 11.4 Å². The van der Waals surface area contributed by atoms with E-state index in [0.29, 0.717) is 6.10 Å². The molecule has 0 bridgehead atoms. The van der Waals surface area contributed by atoms with E-state index in [9.17, 15) is 0 Å². The smallest absolute Gasteiger partial charge is 0.0576 e. The summed E-state index contributed by atoms with van der Waals surface area (Å²) < 4.78 is 5.63. The number of alkyl halides is 1. The van der Waals surface area contributed by atoms with E-state index >= 15 is 0 Å². The van der Waals surface area contributed by atoms with Gasteiger partial charge in [0.25, 0.3) is 0 Å². The SMILES string of the molecule is BrC1CCN(CCCC2CCCO2)CC1. The summed E-state index contributed by atoms with van der Waals surface area (Å²) in [5.41, 5.74) is 0. The second-order valence-corrected chi connectivity index (χ2v) is 6.09. The van der Waals surface area contributed by atoms with Crippen molar-refractivity contribution in [3.05, 3.63) is 0 Å². The molecule has 2 fully saturated rings. The lowest BCUT2D eigenvalue weighted by molar-refractivity contribution is 0.0977. The molecule has 0 N–H and O–H groups in total. The summed E-state index contributed by atoms with van der Waals surface area (Å²) in [6.45, 7) is 4.84. The molecular weight excluding hydrogens is 254 g/mol. The minimum absolute atomic E-state index is 0.582. The summed E-state index contributed by atoms with van der Waals surface area (Å²) in [6, 6.07) is 0. The zero-order chi connectivity index (χ0) is 10.5. The summed E-state index contributed by atoms with van der Waals surface area (Å²) in [6.07, 6.45) is 8.38. The summed E-state index contributed by atoms with van der Waals surface area (Å²) in [7, 11) is 0. The highest BCUT2D eigenvalue weighted by atomic mass is 79.9. The predicted octanol–water partition coefficient (Wildman–Crippen LogP) is 2.80. The van der Waals surface area contributed by atoms with E-state index in [1.54, 1.807) is 0 Å². The predicted molar refractivity (Wildman–Crippen MR) is 66.6 cm³/mol. The normalized spacial score (nSPS) is 29.8. The molecule has 15 heavy (non-hydrogen) atoms. The fourth-order valence-electron chi connectivity index (χ4n) is 2.54. The molecule has 0 aromatic heterocycles. The van der Waals surface area contributed by atoms with Crippen LogP contribution in [0.4, 0.5) is 0 Å². The molecule has 3 heteroatoms. The standard InChI is InChI=1S/C12H22BrNO/c13-11-5-8-14(9-6-11)7-1-3-12-4-2-10-15-12/h11-12H,1-10H2. The van der Waals surface area contributed by atoms with Crippen molar-refractivity contribution in [1.29, 1.82) is 0 Å². The molecule has 0 saturated carbocycles. The topological polar surface area (TPSA) is 12.5 Å². The van der Waals surface area contributed by atoms with E-state index in [4.69, 9.17) is 4.74 Å². The average Bonchev–Trinajstić information content (AvgIpc) is 2.74. The Kier molecular flexibility index (Phi) is 4.92. The van der Waals surface area contributed by atoms with Crippen LogP contribution in [0, 0.1) is 0 Å². The molecule has 0 spiro atoms. The molecule has 88 valence electrons. The second kappa shape index (κ2) is 6.21. The molecule has 1 atom stereocenters. The number of hydrogen-bond donors (Lipinski definition) is 0. The van der Waals surface area contributed by atoms with Crippen LogP contribution in [0.2, 0.25) is 0 Å². The molecule has 2 heterocycles. The summed E-state index contributed by atoms with van der Waals surface area (Å²) >= 11 is 3.69. The first-order chi connectivity index (χ1) is 7.34. The Balaban J connectivity index is 1.53. The molecule has 2 saturated heterocycles. The monoisotopic (exact) mass is 275 g/mol. The summed E-state index contributed by atoms with van der Waals surface area (Å²) in [5.74, 6) is 0. The van der Waals surface area contributed by atoms with Gasteiger partial charge in [-0.15, -0.1) is 0 Å². The quantitative estimate of drug-likeness (QED) is 0.732. The van der Waals surface area contributed by atoms with E-state index in [2.05, 4.69) is 20.8 Å². The average molecular weight is 276 g/mol. The van der Waals surface area contributed by atoms with Gasteiger partial charge >= 0.3 is 0 Å². The van der Waals surface area contributed by atoms with Gasteiger partial charge in [0.1, 0.15) is 0 Å². The van der Waals surface area contributed by atoms with Crippen molar-refractivity contribution in [3.8, 4) is 0 Å². The van der Waals surface area contributed by atoms with Crippen molar-refractivity contribution in [2.75, 3.05) is 26.2 Å². The van der Waals surface area contributed by atoms with Crippen LogP contribution in [0.1, 0.15) is 38.5 Å². The Morgan fingerprint density at radius 1 is 1.20 bits per heavy atom. The van der Waals surface area contributed by atoms with Crippen molar-refractivity contribution >= 4 is 15.9 Å². The van der Waals surface area contributed by atoms with Crippen LogP contribution in [0.15, 0.2) is 0 Å². The highest BCUT2D eigenvalue weighted by molar-refractivity contribution is 9.09. The molecule has 2 rings (SSSR count). The fourth-order valence-corrected chi connectivity index (χ4v) is 2.95. The highest BCUT2D eigenvalue weighted by Gasteiger charge is 2.18. The number of piperidine rings is 1. The van der Waals surface area contributed by atoms with Crippen LogP contribution in [0.5, 0.6) is 0 Å². The van der Waals surface area contributed by atoms with Gasteiger partial charge in [0.2, 0.25) is 0 Å². The Morgan fingerprint density at radius 2 is 2.00 bits per heavy atom. The number of rotatable bonds is 4. The molecule has 1 unspecified atom stereocenters. The van der Waals surface area contributed by atoms with Gasteiger partial charge in [-0.2, -0.15) is 0 Å². The van der Waals surface area contributed by atoms with Crippen LogP contribution >= 0.6 is 15.9 Å². The van der Waals surface area contributed by atoms with Crippen molar-refractivity contribution in [2.45, 2.75) is 49.5 Å². The third kappa shape index (κ3) is 4.04. The zero-order valence-corrected chi connectivity index (χ0v) is 11.0. The molecule has 0 radical (unpaired) electrons. The van der Waals surface area contributed by atoms with Crippen molar-refractivity contribution in [2.24, 2.45) is 0 Å². The number of ether oxygens (including phenoxy) is 1. The minimum atomic E-state index is 0.582. The van der Waals surface area contributed by atoms with Crippen LogP contribution in [-0.2, 0) is 4.74 Å². The third-order valence-electron chi connectivity index (χ3n) is 3.54. The maximum Gasteiger partial charge on any atom is 0.0576 e. The summed E-state index contributed by atoms with van der Waals surface area (Å²) in [4.78, 5) is 3.37. The Morgan fingerprint density at radius 3 is 2.67 bits per heavy atom. The van der Waals surface area contributed by atoms with Gasteiger partial charge in [-0.3, -0.25) is 0 Å². The van der Waals surface area contributed by atoms with Crippen LogP contribution < -0.4 is 0 Å². The van der Waals surface area contributed by atoms with Crippen molar-refractivity contribution in [3.63, 3.8) is 0 Å². The van der Waals surface area contributed by atoms with Crippen molar-refractivity contribution < 1.29 is 4.74 Å². The molecule has 0 aromatic carbocycles. The van der Waals surface area contributed by atoms with Gasteiger partial charge in [-0.05, 0) is 58.2 Å². The molecular formula is C12H22BrNO. The van der Waals surface area contributed by atoms with Gasteiger partial charge in [-0.1, -0.05) is 15.9 Å². The van der Waals surface area contributed by atoms with Crippen LogP contribution in [0.3, 0.4) is 0 Å². The number of nitrogens with zero attached hydrogens (tertiary/aromatic N) is 1. The minimum Gasteiger partial charge on any atom is -0.378 e. The highest BCUT2D eigenvalue weighted by Crippen LogP contribution is 2.20. The van der Waals surface area contributed by atoms with Gasteiger partial charge in [-0.25, -0.2) is 0 Å². The fraction of sp³-hybridized carbons (Fsp3) is 1.00. The molecule has 0 aliphatic carbocycles. The number of halogens is 1. The van der Waals surface area contributed by atoms with E-state index in [1.807, 2.05) is 0 Å². The molecule has 0 aromatic rings. The van der Waals surface area contributed by atoms with E-state index in [1.165, 1.54) is 58.2 Å². The lowest BCUT2D eigenvalue weighted by Gasteiger charge is -2.29. The van der Waals surface area contributed by atoms with E-state index < -0.39 is 0 Å². The zero-order valence-electron chi connectivity index (χ0n) is 9.46. The summed E-state index contributed by atoms with van der Waals surface area (Å²) in [5, 5.41) is 0. The maximum atomic E-state index is 5.63. The lowest BCUT2D eigenvalue weighted by atomic mass is 10.1. The maximum absolute atomic E-state index is 5.63.